The number of piperazine rings is 1. The highest BCUT2D eigenvalue weighted by Gasteiger charge is 2.21. The van der Waals surface area contributed by atoms with Crippen LogP contribution in [0.2, 0.25) is 5.02 Å². The Morgan fingerprint density at radius 2 is 1.81 bits per heavy atom. The van der Waals surface area contributed by atoms with Crippen LogP contribution in [0.4, 0.5) is 5.69 Å². The van der Waals surface area contributed by atoms with Crippen LogP contribution in [0.1, 0.15) is 0 Å². The number of hydrogen-bond donors (Lipinski definition) is 1. The summed E-state index contributed by atoms with van der Waals surface area (Å²) < 4.78 is 21.3. The van der Waals surface area contributed by atoms with Gasteiger partial charge in [0.05, 0.1) is 10.7 Å². The lowest BCUT2D eigenvalue weighted by Crippen LogP contribution is -2.46. The number of benzene rings is 1. The molecule has 4 nitrogen and oxygen atoms in total. The van der Waals surface area contributed by atoms with Crippen LogP contribution in [-0.4, -0.2) is 39.2 Å². The molecule has 1 unspecified atom stereocenters. The highest BCUT2D eigenvalue weighted by Crippen LogP contribution is 2.25. The molecule has 1 aromatic rings. The maximum Gasteiger partial charge on any atom is 0.234 e. The van der Waals surface area contributed by atoms with E-state index in [4.69, 9.17) is 16.2 Å². The quantitative estimate of drug-likeness (QED) is 0.822. The van der Waals surface area contributed by atoms with Crippen molar-refractivity contribution in [3.63, 3.8) is 0 Å². The molecule has 88 valence electrons. The Morgan fingerprint density at radius 1 is 1.19 bits per heavy atom. The fourth-order valence-electron chi connectivity index (χ4n) is 1.79. The van der Waals surface area contributed by atoms with Crippen LogP contribution in [0.15, 0.2) is 24.3 Å². The van der Waals surface area contributed by atoms with E-state index in [2.05, 4.69) is 4.90 Å². The maximum absolute atomic E-state index is 10.9. The fraction of sp³-hybridized carbons (Fsp3) is 0.400. The van der Waals surface area contributed by atoms with Gasteiger partial charge in [-0.25, -0.2) is 4.21 Å². The molecule has 0 saturated carbocycles. The number of anilines is 1. The van der Waals surface area contributed by atoms with E-state index in [-0.39, 0.29) is 0 Å². The molecule has 0 radical (unpaired) electrons. The third-order valence-corrected chi connectivity index (χ3v) is 3.78. The molecular weight excluding hydrogens is 248 g/mol. The van der Waals surface area contributed by atoms with Crippen LogP contribution >= 0.6 is 11.6 Å². The van der Waals surface area contributed by atoms with Crippen molar-refractivity contribution in [2.45, 2.75) is 0 Å². The molecular formula is C10H13ClN2O2S. The zero-order valence-corrected chi connectivity index (χ0v) is 10.2. The zero-order chi connectivity index (χ0) is 11.5. The van der Waals surface area contributed by atoms with E-state index in [1.54, 1.807) is 0 Å². The van der Waals surface area contributed by atoms with Crippen molar-refractivity contribution in [3.8, 4) is 0 Å². The topological polar surface area (TPSA) is 43.8 Å². The Balaban J connectivity index is 2.05. The minimum atomic E-state index is -1.86. The molecule has 2 rings (SSSR count). The predicted octanol–water partition coefficient (Wildman–Crippen LogP) is 1.60. The Kier molecular flexibility index (Phi) is 3.81. The SMILES string of the molecule is O=S(O)N1CCN(c2ccccc2Cl)CC1. The van der Waals surface area contributed by atoms with E-state index in [0.717, 1.165) is 23.8 Å². The van der Waals surface area contributed by atoms with Gasteiger partial charge >= 0.3 is 0 Å². The monoisotopic (exact) mass is 260 g/mol. The highest BCUT2D eigenvalue weighted by atomic mass is 35.5. The van der Waals surface area contributed by atoms with Crippen molar-refractivity contribution in [2.24, 2.45) is 0 Å². The Hall–Kier alpha value is -0.620. The summed E-state index contributed by atoms with van der Waals surface area (Å²) in [6.45, 7) is 2.59. The van der Waals surface area contributed by atoms with E-state index in [9.17, 15) is 4.21 Å². The van der Waals surface area contributed by atoms with Crippen molar-refractivity contribution in [1.29, 1.82) is 0 Å². The standard InChI is InChI=1S/C10H13ClN2O2S/c11-9-3-1-2-4-10(9)12-5-7-13(8-6-12)16(14)15/h1-4H,5-8H2,(H,14,15). The molecule has 1 fully saturated rings. The minimum absolute atomic E-state index is 0.578. The van der Waals surface area contributed by atoms with Crippen molar-refractivity contribution in [3.05, 3.63) is 29.3 Å². The molecule has 1 heterocycles. The van der Waals surface area contributed by atoms with Crippen molar-refractivity contribution < 1.29 is 8.76 Å². The average molecular weight is 261 g/mol. The van der Waals surface area contributed by atoms with E-state index < -0.39 is 11.3 Å². The number of nitrogens with zero attached hydrogens (tertiary/aromatic N) is 2. The Bertz CT molecular complexity index is 394. The molecule has 1 atom stereocenters. The smallest absolute Gasteiger partial charge is 0.234 e. The minimum Gasteiger partial charge on any atom is -0.368 e. The first-order chi connectivity index (χ1) is 7.68. The molecule has 0 bridgehead atoms. The molecule has 1 aliphatic rings. The lowest BCUT2D eigenvalue weighted by Gasteiger charge is -2.34. The summed E-state index contributed by atoms with van der Waals surface area (Å²) in [5, 5.41) is 0.723. The summed E-state index contributed by atoms with van der Waals surface area (Å²) in [6.07, 6.45) is 0. The summed E-state index contributed by atoms with van der Waals surface area (Å²) >= 11 is 4.24. The second-order valence-corrected chi connectivity index (χ2v) is 4.98. The van der Waals surface area contributed by atoms with Crippen LogP contribution in [0.25, 0.3) is 0 Å². The van der Waals surface area contributed by atoms with Crippen LogP contribution in [0.5, 0.6) is 0 Å². The molecule has 0 amide bonds. The summed E-state index contributed by atoms with van der Waals surface area (Å²) in [4.78, 5) is 2.13. The average Bonchev–Trinajstić information content (AvgIpc) is 2.30. The van der Waals surface area contributed by atoms with Crippen LogP contribution in [0.3, 0.4) is 0 Å². The van der Waals surface area contributed by atoms with Crippen molar-refractivity contribution >= 4 is 28.6 Å². The highest BCUT2D eigenvalue weighted by molar-refractivity contribution is 7.76. The molecule has 16 heavy (non-hydrogen) atoms. The number of halogens is 1. The molecule has 6 heteroatoms. The summed E-state index contributed by atoms with van der Waals surface area (Å²) in [6, 6.07) is 7.66. The predicted molar refractivity (Wildman–Crippen MR) is 66.0 cm³/mol. The van der Waals surface area contributed by atoms with E-state index >= 15 is 0 Å². The molecule has 0 aromatic heterocycles. The third-order valence-electron chi connectivity index (χ3n) is 2.65. The first kappa shape index (κ1) is 11.9. The van der Waals surface area contributed by atoms with Gasteiger partial charge in [0.25, 0.3) is 0 Å². The normalized spacial score (nSPS) is 19.8. The van der Waals surface area contributed by atoms with Crippen molar-refractivity contribution in [2.75, 3.05) is 31.1 Å². The zero-order valence-electron chi connectivity index (χ0n) is 8.67. The lowest BCUT2D eigenvalue weighted by molar-refractivity contribution is 0.373. The Morgan fingerprint density at radius 3 is 2.38 bits per heavy atom. The van der Waals surface area contributed by atoms with Gasteiger partial charge in [0.15, 0.2) is 0 Å². The molecule has 0 aliphatic carbocycles. The van der Waals surface area contributed by atoms with Gasteiger partial charge in [-0.3, -0.25) is 4.55 Å². The lowest BCUT2D eigenvalue weighted by atomic mass is 10.2. The van der Waals surface area contributed by atoms with Gasteiger partial charge < -0.3 is 4.90 Å². The molecule has 1 aromatic carbocycles. The molecule has 1 N–H and O–H groups in total. The third kappa shape index (κ3) is 2.55. The summed E-state index contributed by atoms with van der Waals surface area (Å²) in [5.74, 6) is 0. The number of rotatable bonds is 2. The molecule has 1 aliphatic heterocycles. The van der Waals surface area contributed by atoms with Crippen LogP contribution in [0, 0.1) is 0 Å². The number of hydrogen-bond acceptors (Lipinski definition) is 2. The van der Waals surface area contributed by atoms with E-state index in [1.807, 2.05) is 24.3 Å². The van der Waals surface area contributed by atoms with Gasteiger partial charge in [0, 0.05) is 26.2 Å². The number of para-hydroxylation sites is 1. The van der Waals surface area contributed by atoms with Gasteiger partial charge in [-0.1, -0.05) is 23.7 Å². The van der Waals surface area contributed by atoms with Crippen LogP contribution < -0.4 is 4.90 Å². The van der Waals surface area contributed by atoms with Crippen molar-refractivity contribution in [1.82, 2.24) is 4.31 Å². The van der Waals surface area contributed by atoms with Gasteiger partial charge in [-0.2, -0.15) is 4.31 Å². The Labute approximate surface area is 102 Å². The second-order valence-electron chi connectivity index (χ2n) is 3.60. The fourth-order valence-corrected chi connectivity index (χ4v) is 2.52. The van der Waals surface area contributed by atoms with Gasteiger partial charge in [-0.05, 0) is 12.1 Å². The maximum atomic E-state index is 10.9. The van der Waals surface area contributed by atoms with Gasteiger partial charge in [0.2, 0.25) is 11.3 Å². The molecule has 0 spiro atoms. The largest absolute Gasteiger partial charge is 0.368 e. The first-order valence-corrected chi connectivity index (χ1v) is 6.48. The van der Waals surface area contributed by atoms with Crippen LogP contribution in [-0.2, 0) is 11.3 Å². The second kappa shape index (κ2) is 5.14. The molecule has 1 saturated heterocycles. The van der Waals surface area contributed by atoms with Gasteiger partial charge in [0.1, 0.15) is 0 Å². The van der Waals surface area contributed by atoms with E-state index in [1.165, 1.54) is 4.31 Å². The summed E-state index contributed by atoms with van der Waals surface area (Å²) in [7, 11) is 0. The van der Waals surface area contributed by atoms with Gasteiger partial charge in [-0.15, -0.1) is 0 Å². The summed E-state index contributed by atoms with van der Waals surface area (Å²) in [5.41, 5.74) is 0.993. The van der Waals surface area contributed by atoms with E-state index in [0.29, 0.717) is 13.1 Å². The first-order valence-electron chi connectivity index (χ1n) is 5.04.